The summed E-state index contributed by atoms with van der Waals surface area (Å²) in [5.74, 6) is 0.824. The third-order valence-corrected chi connectivity index (χ3v) is 13.0. The number of benzene rings is 9. The Bertz CT molecular complexity index is 3810. The van der Waals surface area contributed by atoms with Crippen LogP contribution < -0.4 is 0 Å². The SMILES string of the molecule is c1ccc(-n2c3ccccc3c3cc(-c4nc5ccccc5nc4-n4c5ccccc5c5c6ccccc6c6c(sc7ccc8ccccc8c76)c54)ccc32)cc1. The topological polar surface area (TPSA) is 35.6 Å². The van der Waals surface area contributed by atoms with Crippen molar-refractivity contribution in [3.8, 4) is 22.8 Å². The van der Waals surface area contributed by atoms with Gasteiger partial charge >= 0.3 is 0 Å². The molecule has 0 amide bonds. The van der Waals surface area contributed by atoms with Crippen LogP contribution in [0.15, 0.2) is 182 Å². The first-order chi connectivity index (χ1) is 28.3. The van der Waals surface area contributed by atoms with Gasteiger partial charge in [-0.1, -0.05) is 127 Å². The summed E-state index contributed by atoms with van der Waals surface area (Å²) in [4.78, 5) is 11.1. The molecule has 13 rings (SSSR count). The predicted octanol–water partition coefficient (Wildman–Crippen LogP) is 14.2. The number of aromatic nitrogens is 4. The van der Waals surface area contributed by atoms with Gasteiger partial charge in [0.25, 0.3) is 0 Å². The highest BCUT2D eigenvalue weighted by Crippen LogP contribution is 2.50. The molecule has 0 atom stereocenters. The average Bonchev–Trinajstić information content (AvgIpc) is 3.95. The first kappa shape index (κ1) is 30.9. The number of hydrogen-bond donors (Lipinski definition) is 0. The molecule has 9 aromatic carbocycles. The molecular weight excluding hydrogens is 713 g/mol. The van der Waals surface area contributed by atoms with Gasteiger partial charge < -0.3 is 4.57 Å². The normalized spacial score (nSPS) is 12.2. The van der Waals surface area contributed by atoms with Crippen LogP contribution in [0.25, 0.3) is 119 Å². The van der Waals surface area contributed by atoms with E-state index in [0.29, 0.717) is 0 Å². The van der Waals surface area contributed by atoms with Crippen LogP contribution in [0.4, 0.5) is 0 Å². The third kappa shape index (κ3) is 4.26. The van der Waals surface area contributed by atoms with Crippen LogP contribution in [0.1, 0.15) is 0 Å². The van der Waals surface area contributed by atoms with E-state index in [0.717, 1.165) is 44.8 Å². The lowest BCUT2D eigenvalue weighted by atomic mass is 9.96. The summed E-state index contributed by atoms with van der Waals surface area (Å²) in [7, 11) is 0. The van der Waals surface area contributed by atoms with E-state index in [2.05, 4.69) is 191 Å². The second-order valence-electron chi connectivity index (χ2n) is 14.9. The minimum Gasteiger partial charge on any atom is -0.309 e. The van der Waals surface area contributed by atoms with Crippen molar-refractivity contribution in [2.24, 2.45) is 0 Å². The Kier molecular flexibility index (Phi) is 6.29. The summed E-state index contributed by atoms with van der Waals surface area (Å²) in [6.07, 6.45) is 0. The molecule has 4 heterocycles. The Morgan fingerprint density at radius 1 is 0.404 bits per heavy atom. The molecule has 0 fully saturated rings. The lowest BCUT2D eigenvalue weighted by Crippen LogP contribution is -2.04. The van der Waals surface area contributed by atoms with Gasteiger partial charge in [-0.05, 0) is 76.1 Å². The van der Waals surface area contributed by atoms with Gasteiger partial charge in [-0.15, -0.1) is 11.3 Å². The van der Waals surface area contributed by atoms with E-state index in [9.17, 15) is 0 Å². The van der Waals surface area contributed by atoms with Crippen molar-refractivity contribution in [1.29, 1.82) is 0 Å². The van der Waals surface area contributed by atoms with Crippen molar-refractivity contribution in [3.05, 3.63) is 182 Å². The number of fused-ring (bicyclic) bond motifs is 16. The quantitative estimate of drug-likeness (QED) is 0.181. The van der Waals surface area contributed by atoms with Crippen LogP contribution >= 0.6 is 11.3 Å². The first-order valence-corrected chi connectivity index (χ1v) is 20.2. The van der Waals surface area contributed by atoms with Crippen molar-refractivity contribution >= 4 is 108 Å². The zero-order chi connectivity index (χ0) is 37.2. The Morgan fingerprint density at radius 3 is 1.82 bits per heavy atom. The highest BCUT2D eigenvalue weighted by molar-refractivity contribution is 7.27. The van der Waals surface area contributed by atoms with Crippen molar-refractivity contribution in [3.63, 3.8) is 0 Å². The van der Waals surface area contributed by atoms with Crippen LogP contribution in [0.2, 0.25) is 0 Å². The van der Waals surface area contributed by atoms with Crippen LogP contribution in [0, 0.1) is 0 Å². The summed E-state index contributed by atoms with van der Waals surface area (Å²) in [6.45, 7) is 0. The molecule has 57 heavy (non-hydrogen) atoms. The predicted molar refractivity (Wildman–Crippen MR) is 242 cm³/mol. The molecule has 0 aliphatic rings. The second kappa shape index (κ2) is 11.6. The molecule has 0 spiro atoms. The maximum absolute atomic E-state index is 5.58. The van der Waals surface area contributed by atoms with Gasteiger partial charge in [0, 0.05) is 48.3 Å². The van der Waals surface area contributed by atoms with Gasteiger partial charge in [0.15, 0.2) is 5.82 Å². The van der Waals surface area contributed by atoms with E-state index in [1.165, 1.54) is 74.3 Å². The number of para-hydroxylation sites is 5. The Hall–Kier alpha value is -7.34. The van der Waals surface area contributed by atoms with E-state index < -0.39 is 0 Å². The third-order valence-electron chi connectivity index (χ3n) is 11.9. The van der Waals surface area contributed by atoms with Gasteiger partial charge in [0.1, 0.15) is 5.69 Å². The fourth-order valence-electron chi connectivity index (χ4n) is 9.48. The lowest BCUT2D eigenvalue weighted by molar-refractivity contribution is 1.08. The van der Waals surface area contributed by atoms with E-state index in [-0.39, 0.29) is 0 Å². The van der Waals surface area contributed by atoms with E-state index >= 15 is 0 Å². The summed E-state index contributed by atoms with van der Waals surface area (Å²) in [6, 6.07) is 65.5. The minimum atomic E-state index is 0.824. The van der Waals surface area contributed by atoms with Crippen molar-refractivity contribution in [2.75, 3.05) is 0 Å². The van der Waals surface area contributed by atoms with Crippen molar-refractivity contribution in [2.45, 2.75) is 0 Å². The lowest BCUT2D eigenvalue weighted by Gasteiger charge is -2.15. The van der Waals surface area contributed by atoms with E-state index in [1.54, 1.807) is 0 Å². The molecular formula is C52H30N4S. The number of thiophene rings is 1. The van der Waals surface area contributed by atoms with Crippen LogP contribution in [0.3, 0.4) is 0 Å². The molecule has 0 saturated heterocycles. The summed E-state index contributed by atoms with van der Waals surface area (Å²) >= 11 is 1.88. The summed E-state index contributed by atoms with van der Waals surface area (Å²) in [5.41, 5.74) is 9.36. The molecule has 0 aliphatic carbocycles. The number of rotatable bonds is 3. The first-order valence-electron chi connectivity index (χ1n) is 19.3. The molecule has 264 valence electrons. The van der Waals surface area contributed by atoms with Gasteiger partial charge in [-0.3, -0.25) is 4.57 Å². The van der Waals surface area contributed by atoms with Gasteiger partial charge in [-0.25, -0.2) is 9.97 Å². The molecule has 4 aromatic heterocycles. The molecule has 0 aliphatic heterocycles. The molecule has 5 heteroatoms. The van der Waals surface area contributed by atoms with Crippen molar-refractivity contribution < 1.29 is 0 Å². The largest absolute Gasteiger partial charge is 0.309 e. The smallest absolute Gasteiger partial charge is 0.165 e. The highest BCUT2D eigenvalue weighted by atomic mass is 32.1. The zero-order valence-corrected chi connectivity index (χ0v) is 31.3. The monoisotopic (exact) mass is 742 g/mol. The Balaban J connectivity index is 1.20. The number of hydrogen-bond acceptors (Lipinski definition) is 3. The van der Waals surface area contributed by atoms with E-state index in [4.69, 9.17) is 9.97 Å². The molecule has 0 N–H and O–H groups in total. The second-order valence-corrected chi connectivity index (χ2v) is 15.9. The highest BCUT2D eigenvalue weighted by Gasteiger charge is 2.26. The zero-order valence-electron chi connectivity index (χ0n) is 30.5. The minimum absolute atomic E-state index is 0.824. The molecule has 0 bridgehead atoms. The summed E-state index contributed by atoms with van der Waals surface area (Å²) in [5, 5.41) is 12.5. The Labute approximate surface area is 330 Å². The van der Waals surface area contributed by atoms with Crippen LogP contribution in [-0.2, 0) is 0 Å². The molecule has 0 radical (unpaired) electrons. The van der Waals surface area contributed by atoms with Crippen LogP contribution in [0.5, 0.6) is 0 Å². The van der Waals surface area contributed by atoms with Crippen molar-refractivity contribution in [1.82, 2.24) is 19.1 Å². The maximum Gasteiger partial charge on any atom is 0.165 e. The van der Waals surface area contributed by atoms with Gasteiger partial charge in [-0.2, -0.15) is 0 Å². The fraction of sp³-hybridized carbons (Fsp3) is 0. The number of nitrogens with zero attached hydrogens (tertiary/aromatic N) is 4. The van der Waals surface area contributed by atoms with Gasteiger partial charge in [0.05, 0.1) is 37.8 Å². The maximum atomic E-state index is 5.58. The van der Waals surface area contributed by atoms with E-state index in [1.807, 2.05) is 11.3 Å². The van der Waals surface area contributed by atoms with Gasteiger partial charge in [0.2, 0.25) is 0 Å². The Morgan fingerprint density at radius 2 is 1.02 bits per heavy atom. The summed E-state index contributed by atoms with van der Waals surface area (Å²) < 4.78 is 7.32. The van der Waals surface area contributed by atoms with Crippen LogP contribution in [-0.4, -0.2) is 19.1 Å². The molecule has 0 unspecified atom stereocenters. The molecule has 13 aromatic rings. The standard InChI is InChI=1S/C52H30N4S/c1-2-15-33(16-3-1)55-42-24-12-8-18-35(42)39-30-32(26-28-44(39)55)49-52(54-41-23-11-10-22-40(41)53-49)56-43-25-13-9-21-38(43)46-36-19-6-7-20-37(36)48-47-34-17-5-4-14-31(34)27-29-45(47)57-51(48)50(46)56/h1-30H. The fourth-order valence-corrected chi connectivity index (χ4v) is 10.7. The molecule has 4 nitrogen and oxygen atoms in total. The average molecular weight is 743 g/mol. The molecule has 0 saturated carbocycles.